The summed E-state index contributed by atoms with van der Waals surface area (Å²) in [6, 6.07) is 3.52. The van der Waals surface area contributed by atoms with Gasteiger partial charge in [-0.1, -0.05) is 11.6 Å². The van der Waals surface area contributed by atoms with Gasteiger partial charge in [0.2, 0.25) is 0 Å². The summed E-state index contributed by atoms with van der Waals surface area (Å²) < 4.78 is 0. The minimum absolute atomic E-state index is 0.413. The molecule has 1 aliphatic heterocycles. The standard InChI is InChI=1S/C12H9ClN4/c13-9-3-12(14)17-11-4-10(16-6-8(9)11)7-1-2-15-5-7/h1-4,6H,5H2,(H2,14,17). The third-order valence-corrected chi connectivity index (χ3v) is 2.95. The minimum Gasteiger partial charge on any atom is -0.384 e. The van der Waals surface area contributed by atoms with Gasteiger partial charge in [-0.05, 0) is 18.2 Å². The number of aromatic nitrogens is 2. The molecule has 0 unspecified atom stereocenters. The fourth-order valence-corrected chi connectivity index (χ4v) is 2.05. The first-order valence-corrected chi connectivity index (χ1v) is 5.53. The van der Waals surface area contributed by atoms with Crippen molar-refractivity contribution in [3.63, 3.8) is 0 Å². The highest BCUT2D eigenvalue weighted by Gasteiger charge is 2.09. The Morgan fingerprint density at radius 2 is 2.18 bits per heavy atom. The molecule has 0 saturated carbocycles. The molecule has 0 atom stereocenters. The predicted molar refractivity (Wildman–Crippen MR) is 70.3 cm³/mol. The molecule has 0 amide bonds. The largest absolute Gasteiger partial charge is 0.384 e. The van der Waals surface area contributed by atoms with Gasteiger partial charge in [0.25, 0.3) is 0 Å². The van der Waals surface area contributed by atoms with Crippen molar-refractivity contribution in [2.75, 3.05) is 12.3 Å². The summed E-state index contributed by atoms with van der Waals surface area (Å²) in [6.07, 6.45) is 5.45. The number of pyridine rings is 2. The quantitative estimate of drug-likeness (QED) is 0.837. The minimum atomic E-state index is 0.413. The van der Waals surface area contributed by atoms with Crippen molar-refractivity contribution in [1.29, 1.82) is 0 Å². The third-order valence-electron chi connectivity index (χ3n) is 2.64. The molecule has 17 heavy (non-hydrogen) atoms. The molecule has 0 saturated heterocycles. The van der Waals surface area contributed by atoms with Crippen LogP contribution in [0.3, 0.4) is 0 Å². The number of allylic oxidation sites excluding steroid dienone is 1. The van der Waals surface area contributed by atoms with Crippen LogP contribution in [0.5, 0.6) is 0 Å². The normalized spacial score (nSPS) is 14.3. The number of halogens is 1. The van der Waals surface area contributed by atoms with Gasteiger partial charge in [-0.25, -0.2) is 4.98 Å². The number of fused-ring (bicyclic) bond motifs is 1. The van der Waals surface area contributed by atoms with E-state index in [1.165, 1.54) is 0 Å². The highest BCUT2D eigenvalue weighted by Crippen LogP contribution is 2.26. The fraction of sp³-hybridized carbons (Fsp3) is 0.0833. The Bertz CT molecular complexity index is 661. The van der Waals surface area contributed by atoms with Crippen LogP contribution in [0.1, 0.15) is 5.69 Å². The monoisotopic (exact) mass is 244 g/mol. The van der Waals surface area contributed by atoms with E-state index in [-0.39, 0.29) is 0 Å². The van der Waals surface area contributed by atoms with Crippen LogP contribution < -0.4 is 5.73 Å². The van der Waals surface area contributed by atoms with E-state index in [9.17, 15) is 0 Å². The lowest BCUT2D eigenvalue weighted by Crippen LogP contribution is -1.95. The first-order valence-electron chi connectivity index (χ1n) is 5.15. The van der Waals surface area contributed by atoms with E-state index in [4.69, 9.17) is 17.3 Å². The highest BCUT2D eigenvalue weighted by atomic mass is 35.5. The van der Waals surface area contributed by atoms with Gasteiger partial charge in [-0.3, -0.25) is 9.98 Å². The number of hydrogen-bond acceptors (Lipinski definition) is 4. The van der Waals surface area contributed by atoms with Crippen molar-refractivity contribution in [1.82, 2.24) is 9.97 Å². The zero-order chi connectivity index (χ0) is 11.8. The second kappa shape index (κ2) is 3.82. The van der Waals surface area contributed by atoms with Gasteiger partial charge in [-0.15, -0.1) is 0 Å². The van der Waals surface area contributed by atoms with Crippen molar-refractivity contribution >= 4 is 40.1 Å². The van der Waals surface area contributed by atoms with E-state index >= 15 is 0 Å². The molecule has 84 valence electrons. The average molecular weight is 245 g/mol. The van der Waals surface area contributed by atoms with Crippen LogP contribution in [-0.4, -0.2) is 22.7 Å². The van der Waals surface area contributed by atoms with Gasteiger partial charge in [0.05, 0.1) is 22.8 Å². The zero-order valence-electron chi connectivity index (χ0n) is 8.89. The van der Waals surface area contributed by atoms with Gasteiger partial charge in [0, 0.05) is 23.4 Å². The topological polar surface area (TPSA) is 64.2 Å². The number of anilines is 1. The molecule has 1 aliphatic rings. The number of nitrogen functional groups attached to an aromatic ring is 1. The summed E-state index contributed by atoms with van der Waals surface area (Å²) >= 11 is 6.08. The number of rotatable bonds is 1. The lowest BCUT2D eigenvalue weighted by Gasteiger charge is -2.05. The Kier molecular flexibility index (Phi) is 2.30. The number of hydrogen-bond donors (Lipinski definition) is 1. The number of nitrogens with zero attached hydrogens (tertiary/aromatic N) is 3. The molecule has 0 bridgehead atoms. The van der Waals surface area contributed by atoms with E-state index in [0.29, 0.717) is 17.4 Å². The number of nitrogens with two attached hydrogens (primary N) is 1. The molecule has 2 N–H and O–H groups in total. The first kappa shape index (κ1) is 10.2. The summed E-state index contributed by atoms with van der Waals surface area (Å²) in [4.78, 5) is 12.7. The van der Waals surface area contributed by atoms with Crippen LogP contribution in [-0.2, 0) is 0 Å². The van der Waals surface area contributed by atoms with Gasteiger partial charge in [0.1, 0.15) is 5.82 Å². The van der Waals surface area contributed by atoms with Crippen LogP contribution in [0.15, 0.2) is 29.4 Å². The van der Waals surface area contributed by atoms with Crippen LogP contribution in [0.4, 0.5) is 5.82 Å². The maximum absolute atomic E-state index is 6.08. The lowest BCUT2D eigenvalue weighted by molar-refractivity contribution is 1.22. The van der Waals surface area contributed by atoms with Gasteiger partial charge < -0.3 is 5.73 Å². The molecule has 2 aromatic rings. The van der Waals surface area contributed by atoms with Crippen molar-refractivity contribution in [2.24, 2.45) is 4.99 Å². The molecule has 0 aliphatic carbocycles. The second-order valence-electron chi connectivity index (χ2n) is 3.80. The number of aliphatic imine (C=N–C) groups is 1. The summed E-state index contributed by atoms with van der Waals surface area (Å²) in [5.41, 5.74) is 8.37. The van der Waals surface area contributed by atoms with E-state index in [0.717, 1.165) is 22.2 Å². The predicted octanol–water partition coefficient (Wildman–Crippen LogP) is 2.33. The van der Waals surface area contributed by atoms with Crippen molar-refractivity contribution in [2.45, 2.75) is 0 Å². The Morgan fingerprint density at radius 3 is 2.94 bits per heavy atom. The van der Waals surface area contributed by atoms with Crippen LogP contribution in [0.25, 0.3) is 16.5 Å². The molecule has 0 fully saturated rings. The Hall–Kier alpha value is -1.94. The molecule has 3 heterocycles. The smallest absolute Gasteiger partial charge is 0.125 e. The van der Waals surface area contributed by atoms with Crippen LogP contribution >= 0.6 is 11.6 Å². The first-order chi connectivity index (χ1) is 8.24. The maximum Gasteiger partial charge on any atom is 0.125 e. The summed E-state index contributed by atoms with van der Waals surface area (Å²) in [7, 11) is 0. The summed E-state index contributed by atoms with van der Waals surface area (Å²) in [5.74, 6) is 0.413. The van der Waals surface area contributed by atoms with Crippen molar-refractivity contribution < 1.29 is 0 Å². The van der Waals surface area contributed by atoms with E-state index in [2.05, 4.69) is 15.0 Å². The van der Waals surface area contributed by atoms with Gasteiger partial charge >= 0.3 is 0 Å². The SMILES string of the molecule is Nc1cc(Cl)c2cnc(C3=CC=NC3)cc2n1. The Labute approximate surface area is 103 Å². The summed E-state index contributed by atoms with van der Waals surface area (Å²) in [6.45, 7) is 0.661. The fourth-order valence-electron chi connectivity index (χ4n) is 1.79. The third kappa shape index (κ3) is 1.76. The molecule has 0 radical (unpaired) electrons. The molecule has 3 rings (SSSR count). The highest BCUT2D eigenvalue weighted by molar-refractivity contribution is 6.35. The zero-order valence-corrected chi connectivity index (χ0v) is 9.65. The Morgan fingerprint density at radius 1 is 1.29 bits per heavy atom. The van der Waals surface area contributed by atoms with E-state index in [1.54, 1.807) is 18.5 Å². The summed E-state index contributed by atoms with van der Waals surface area (Å²) in [5, 5.41) is 1.38. The van der Waals surface area contributed by atoms with Crippen molar-refractivity contribution in [3.05, 3.63) is 35.1 Å². The molecule has 2 aromatic heterocycles. The van der Waals surface area contributed by atoms with Gasteiger partial charge in [0.15, 0.2) is 0 Å². The van der Waals surface area contributed by atoms with Gasteiger partial charge in [-0.2, -0.15) is 0 Å². The Balaban J connectivity index is 2.19. The molecule has 4 nitrogen and oxygen atoms in total. The maximum atomic E-state index is 6.08. The lowest BCUT2D eigenvalue weighted by atomic mass is 10.1. The van der Waals surface area contributed by atoms with Crippen LogP contribution in [0, 0.1) is 0 Å². The van der Waals surface area contributed by atoms with Crippen molar-refractivity contribution in [3.8, 4) is 0 Å². The molecule has 5 heteroatoms. The van der Waals surface area contributed by atoms with E-state index in [1.807, 2.05) is 12.1 Å². The molecule has 0 spiro atoms. The van der Waals surface area contributed by atoms with Crippen LogP contribution in [0.2, 0.25) is 5.02 Å². The van der Waals surface area contributed by atoms with E-state index < -0.39 is 0 Å². The molecule has 0 aromatic carbocycles. The second-order valence-corrected chi connectivity index (χ2v) is 4.20. The molecular weight excluding hydrogens is 236 g/mol. The average Bonchev–Trinajstić information content (AvgIpc) is 2.81. The molecular formula is C12H9ClN4.